The molecule has 0 aliphatic rings. The lowest BCUT2D eigenvalue weighted by molar-refractivity contribution is -0.123. The average Bonchev–Trinajstić information content (AvgIpc) is 3.32. The lowest BCUT2D eigenvalue weighted by Crippen LogP contribution is -2.47. The number of nitrogens with one attached hydrogen (secondary N) is 3. The van der Waals surface area contributed by atoms with Crippen molar-refractivity contribution in [1.82, 2.24) is 20.7 Å². The van der Waals surface area contributed by atoms with E-state index < -0.39 is 18.0 Å². The molecule has 0 saturated heterocycles. The van der Waals surface area contributed by atoms with Crippen molar-refractivity contribution in [1.29, 1.82) is 0 Å². The molecule has 0 saturated carbocycles. The molecule has 0 spiro atoms. The molecule has 172 valence electrons. The van der Waals surface area contributed by atoms with E-state index in [1.165, 1.54) is 12.5 Å². The third-order valence-electron chi connectivity index (χ3n) is 4.44. The molecule has 2 amide bonds. The van der Waals surface area contributed by atoms with Gasteiger partial charge in [0.15, 0.2) is 0 Å². The molecule has 2 aromatic carbocycles. The van der Waals surface area contributed by atoms with Crippen LogP contribution in [0.3, 0.4) is 0 Å². The highest BCUT2D eigenvalue weighted by Gasteiger charge is 2.22. The zero-order valence-corrected chi connectivity index (χ0v) is 18.5. The fourth-order valence-corrected chi connectivity index (χ4v) is 2.89. The normalized spacial score (nSPS) is 11.8. The van der Waals surface area contributed by atoms with Crippen molar-refractivity contribution in [2.75, 3.05) is 0 Å². The molecule has 1 aromatic heterocycles. The predicted molar refractivity (Wildman–Crippen MR) is 124 cm³/mol. The molecule has 33 heavy (non-hydrogen) atoms. The van der Waals surface area contributed by atoms with E-state index in [1.807, 2.05) is 68.4 Å². The Bertz CT molecular complexity index is 1030. The molecule has 3 rings (SSSR count). The summed E-state index contributed by atoms with van der Waals surface area (Å²) in [5.74, 6) is 0.265. The molecule has 9 nitrogen and oxygen atoms in total. The molecule has 3 aromatic rings. The van der Waals surface area contributed by atoms with Gasteiger partial charge in [-0.3, -0.25) is 4.79 Å². The first-order valence-corrected chi connectivity index (χ1v) is 10.5. The Morgan fingerprint density at radius 1 is 1.12 bits per heavy atom. The van der Waals surface area contributed by atoms with Crippen LogP contribution in [0.1, 0.15) is 30.7 Å². The number of hydrogen-bond donors (Lipinski definition) is 3. The molecule has 0 unspecified atom stereocenters. The minimum absolute atomic E-state index is 0.0856. The zero-order chi connectivity index (χ0) is 23.5. The third kappa shape index (κ3) is 8.13. The van der Waals surface area contributed by atoms with Crippen molar-refractivity contribution >= 4 is 18.2 Å². The van der Waals surface area contributed by atoms with E-state index in [4.69, 9.17) is 9.47 Å². The van der Waals surface area contributed by atoms with Gasteiger partial charge in [-0.2, -0.15) is 5.10 Å². The van der Waals surface area contributed by atoms with Crippen molar-refractivity contribution in [3.63, 3.8) is 0 Å². The standard InChI is InChI=1S/C24H27N5O4/c1-17(2)33-21-10-8-18(9-11-21)13-27-29-23(30)22(12-20-14-25-16-26-20)28-24(31)32-15-19-6-4-3-5-7-19/h3-11,13-14,16-17,22H,12,15H2,1-2H3,(H,25,26)(H,28,31)(H,29,30)/b27-13-/t22-/m0/s1. The number of carbonyl (C=O) groups is 2. The number of nitrogens with zero attached hydrogens (tertiary/aromatic N) is 2. The highest BCUT2D eigenvalue weighted by Crippen LogP contribution is 2.12. The number of aromatic amines is 1. The molecule has 1 heterocycles. The van der Waals surface area contributed by atoms with Crippen molar-refractivity contribution in [3.8, 4) is 5.75 Å². The van der Waals surface area contributed by atoms with Crippen LogP contribution in [0.4, 0.5) is 4.79 Å². The van der Waals surface area contributed by atoms with Crippen molar-refractivity contribution in [2.45, 2.75) is 39.0 Å². The molecule has 0 bridgehead atoms. The van der Waals surface area contributed by atoms with E-state index in [0.717, 1.165) is 16.9 Å². The maximum atomic E-state index is 12.7. The topological polar surface area (TPSA) is 118 Å². The molecule has 1 atom stereocenters. The summed E-state index contributed by atoms with van der Waals surface area (Å²) in [7, 11) is 0. The van der Waals surface area contributed by atoms with Gasteiger partial charge >= 0.3 is 6.09 Å². The molecule has 0 radical (unpaired) electrons. The van der Waals surface area contributed by atoms with Crippen LogP contribution in [0.25, 0.3) is 0 Å². The number of hydrogen-bond acceptors (Lipinski definition) is 6. The van der Waals surface area contributed by atoms with Gasteiger partial charge in [0.1, 0.15) is 18.4 Å². The van der Waals surface area contributed by atoms with E-state index in [0.29, 0.717) is 5.69 Å². The number of hydrazone groups is 1. The van der Waals surface area contributed by atoms with Gasteiger partial charge in [0, 0.05) is 18.3 Å². The largest absolute Gasteiger partial charge is 0.491 e. The quantitative estimate of drug-likeness (QED) is 0.325. The van der Waals surface area contributed by atoms with Gasteiger partial charge < -0.3 is 19.8 Å². The number of H-pyrrole nitrogens is 1. The Labute approximate surface area is 192 Å². The Morgan fingerprint density at radius 3 is 2.55 bits per heavy atom. The second kappa shape index (κ2) is 12.0. The highest BCUT2D eigenvalue weighted by molar-refractivity contribution is 5.87. The van der Waals surface area contributed by atoms with Gasteiger partial charge in [0.2, 0.25) is 0 Å². The molecule has 9 heteroatoms. The summed E-state index contributed by atoms with van der Waals surface area (Å²) < 4.78 is 10.8. The molecule has 0 aliphatic heterocycles. The summed E-state index contributed by atoms with van der Waals surface area (Å²) >= 11 is 0. The number of aromatic nitrogens is 2. The molecule has 3 N–H and O–H groups in total. The second-order valence-corrected chi connectivity index (χ2v) is 7.51. The van der Waals surface area contributed by atoms with Crippen LogP contribution in [0.15, 0.2) is 72.2 Å². The van der Waals surface area contributed by atoms with Gasteiger partial charge in [0.25, 0.3) is 5.91 Å². The third-order valence-corrected chi connectivity index (χ3v) is 4.44. The summed E-state index contributed by atoms with van der Waals surface area (Å²) in [5, 5.41) is 6.59. The van der Waals surface area contributed by atoms with Crippen molar-refractivity contribution in [3.05, 3.63) is 83.9 Å². The molecular formula is C24H27N5O4. The molecule has 0 fully saturated rings. The van der Waals surface area contributed by atoms with E-state index >= 15 is 0 Å². The van der Waals surface area contributed by atoms with Gasteiger partial charge in [-0.15, -0.1) is 0 Å². The first kappa shape index (κ1) is 23.5. The smallest absolute Gasteiger partial charge is 0.408 e. The fraction of sp³-hybridized carbons (Fsp3) is 0.250. The highest BCUT2D eigenvalue weighted by atomic mass is 16.5. The lowest BCUT2D eigenvalue weighted by Gasteiger charge is -2.16. The SMILES string of the molecule is CC(C)Oc1ccc(/C=N\NC(=O)[C@H](Cc2cnc[nH]2)NC(=O)OCc2ccccc2)cc1. The van der Waals surface area contributed by atoms with Crippen molar-refractivity contribution < 1.29 is 19.1 Å². The van der Waals surface area contributed by atoms with Gasteiger partial charge in [-0.25, -0.2) is 15.2 Å². The number of amides is 2. The Morgan fingerprint density at radius 2 is 1.88 bits per heavy atom. The van der Waals surface area contributed by atoms with Crippen LogP contribution in [-0.4, -0.2) is 40.3 Å². The van der Waals surface area contributed by atoms with Crippen LogP contribution in [0.2, 0.25) is 0 Å². The summed E-state index contributed by atoms with van der Waals surface area (Å²) in [6, 6.07) is 15.7. The summed E-state index contributed by atoms with van der Waals surface area (Å²) in [4.78, 5) is 31.8. The minimum atomic E-state index is -0.910. The van der Waals surface area contributed by atoms with E-state index in [2.05, 4.69) is 25.8 Å². The summed E-state index contributed by atoms with van der Waals surface area (Å²) in [6.07, 6.45) is 4.18. The first-order valence-electron chi connectivity index (χ1n) is 10.5. The fourth-order valence-electron chi connectivity index (χ4n) is 2.89. The average molecular weight is 450 g/mol. The lowest BCUT2D eigenvalue weighted by atomic mass is 10.1. The second-order valence-electron chi connectivity index (χ2n) is 7.51. The van der Waals surface area contributed by atoms with Crippen LogP contribution in [0.5, 0.6) is 5.75 Å². The van der Waals surface area contributed by atoms with Crippen LogP contribution < -0.4 is 15.5 Å². The van der Waals surface area contributed by atoms with Crippen LogP contribution in [-0.2, 0) is 22.6 Å². The zero-order valence-electron chi connectivity index (χ0n) is 18.5. The number of alkyl carbamates (subject to hydrolysis) is 1. The van der Waals surface area contributed by atoms with E-state index in [9.17, 15) is 9.59 Å². The number of ether oxygens (including phenoxy) is 2. The Hall–Kier alpha value is -4.14. The van der Waals surface area contributed by atoms with Crippen LogP contribution >= 0.6 is 0 Å². The number of benzene rings is 2. The first-order chi connectivity index (χ1) is 16.0. The number of imidazole rings is 1. The number of rotatable bonds is 10. The number of carbonyl (C=O) groups excluding carboxylic acids is 2. The maximum Gasteiger partial charge on any atom is 0.408 e. The van der Waals surface area contributed by atoms with E-state index in [-0.39, 0.29) is 19.1 Å². The molecule has 0 aliphatic carbocycles. The van der Waals surface area contributed by atoms with Crippen molar-refractivity contribution in [2.24, 2.45) is 5.10 Å². The molecular weight excluding hydrogens is 422 g/mol. The summed E-state index contributed by atoms with van der Waals surface area (Å²) in [5.41, 5.74) is 4.78. The van der Waals surface area contributed by atoms with Gasteiger partial charge in [-0.05, 0) is 49.2 Å². The Balaban J connectivity index is 1.56. The minimum Gasteiger partial charge on any atom is -0.491 e. The Kier molecular flexibility index (Phi) is 8.58. The van der Waals surface area contributed by atoms with Crippen LogP contribution in [0, 0.1) is 0 Å². The van der Waals surface area contributed by atoms with Gasteiger partial charge in [-0.1, -0.05) is 30.3 Å². The monoisotopic (exact) mass is 449 g/mol. The summed E-state index contributed by atoms with van der Waals surface area (Å²) in [6.45, 7) is 4.01. The van der Waals surface area contributed by atoms with Gasteiger partial charge in [0.05, 0.1) is 18.6 Å². The van der Waals surface area contributed by atoms with E-state index in [1.54, 1.807) is 6.20 Å². The predicted octanol–water partition coefficient (Wildman–Crippen LogP) is 3.18. The maximum absolute atomic E-state index is 12.7.